The van der Waals surface area contributed by atoms with Crippen LogP contribution in [0.3, 0.4) is 0 Å². The van der Waals surface area contributed by atoms with Gasteiger partial charge in [0, 0.05) is 6.42 Å². The molecule has 0 rings (SSSR count). The van der Waals surface area contributed by atoms with Crippen molar-refractivity contribution in [3.05, 3.63) is 11.8 Å². The summed E-state index contributed by atoms with van der Waals surface area (Å²) in [5.41, 5.74) is 1.28. The Morgan fingerprint density at radius 3 is 2.33 bits per heavy atom. The molecule has 0 heterocycles. The fraction of sp³-hybridized carbons (Fsp3) is 0.786. The first-order chi connectivity index (χ1) is 8.30. The zero-order valence-electron chi connectivity index (χ0n) is 12.7. The Labute approximate surface area is 113 Å². The lowest BCUT2D eigenvalue weighted by Gasteiger charge is -2.19. The predicted octanol–water partition coefficient (Wildman–Crippen LogP) is 4.11. The van der Waals surface area contributed by atoms with Gasteiger partial charge in [0.1, 0.15) is 0 Å². The fourth-order valence-corrected chi connectivity index (χ4v) is 2.06. The minimum Gasteiger partial charge on any atom is -0.550 e. The monoisotopic (exact) mass is 272 g/mol. The van der Waals surface area contributed by atoms with Gasteiger partial charge in [-0.25, -0.2) is 0 Å². The van der Waals surface area contributed by atoms with Crippen LogP contribution in [0.4, 0.5) is 0 Å². The molecular formula is C14H28O3Si. The van der Waals surface area contributed by atoms with Gasteiger partial charge in [-0.15, -0.1) is 0 Å². The van der Waals surface area contributed by atoms with Crippen molar-refractivity contribution in [2.24, 2.45) is 5.92 Å². The van der Waals surface area contributed by atoms with E-state index >= 15 is 0 Å². The number of hydrogen-bond acceptors (Lipinski definition) is 3. The first kappa shape index (κ1) is 17.2. The van der Waals surface area contributed by atoms with Crippen LogP contribution >= 0.6 is 0 Å². The molecule has 0 bridgehead atoms. The average Bonchev–Trinajstić information content (AvgIpc) is 2.26. The molecule has 0 N–H and O–H groups in total. The molecule has 3 nitrogen and oxygen atoms in total. The lowest BCUT2D eigenvalue weighted by atomic mass is 9.95. The van der Waals surface area contributed by atoms with E-state index in [1.807, 2.05) is 13.2 Å². The first-order valence-electron chi connectivity index (χ1n) is 6.82. The second-order valence-electron chi connectivity index (χ2n) is 5.52. The molecule has 0 saturated carbocycles. The van der Waals surface area contributed by atoms with Crippen molar-refractivity contribution in [3.63, 3.8) is 0 Å². The molecule has 0 aromatic heterocycles. The summed E-state index contributed by atoms with van der Waals surface area (Å²) in [5, 5.41) is 0. The highest BCUT2D eigenvalue weighted by molar-refractivity contribution is 6.69. The number of carbonyl (C=O) groups excluding carboxylic acids is 1. The van der Waals surface area contributed by atoms with Crippen LogP contribution in [0.15, 0.2) is 11.8 Å². The van der Waals surface area contributed by atoms with E-state index in [0.29, 0.717) is 18.9 Å². The molecular weight excluding hydrogens is 244 g/mol. The molecule has 0 aromatic carbocycles. The third-order valence-corrected chi connectivity index (χ3v) is 3.52. The summed E-state index contributed by atoms with van der Waals surface area (Å²) in [6, 6.07) is 0. The molecule has 0 fully saturated rings. The van der Waals surface area contributed by atoms with Gasteiger partial charge in [-0.05, 0) is 50.9 Å². The van der Waals surface area contributed by atoms with E-state index in [-0.39, 0.29) is 5.97 Å². The summed E-state index contributed by atoms with van der Waals surface area (Å²) < 4.78 is 10.8. The van der Waals surface area contributed by atoms with E-state index in [1.54, 1.807) is 0 Å². The van der Waals surface area contributed by atoms with Gasteiger partial charge in [0.2, 0.25) is 8.32 Å². The molecule has 0 aliphatic heterocycles. The third kappa shape index (κ3) is 8.34. The number of rotatable bonds is 8. The van der Waals surface area contributed by atoms with Gasteiger partial charge in [-0.1, -0.05) is 13.8 Å². The Morgan fingerprint density at radius 1 is 1.28 bits per heavy atom. The molecule has 0 aromatic rings. The van der Waals surface area contributed by atoms with Crippen LogP contribution in [0.25, 0.3) is 0 Å². The van der Waals surface area contributed by atoms with Crippen LogP contribution in [-0.4, -0.2) is 20.9 Å². The van der Waals surface area contributed by atoms with Gasteiger partial charge in [0.05, 0.1) is 12.9 Å². The third-order valence-electron chi connectivity index (χ3n) is 2.69. The van der Waals surface area contributed by atoms with E-state index in [1.165, 1.54) is 5.57 Å². The summed E-state index contributed by atoms with van der Waals surface area (Å²) in [5.74, 6) is 0.265. The van der Waals surface area contributed by atoms with Crippen molar-refractivity contribution >= 4 is 14.3 Å². The molecule has 0 radical (unpaired) electrons. The quantitative estimate of drug-likeness (QED) is 0.379. The number of ether oxygens (including phenoxy) is 1. The smallest absolute Gasteiger partial charge is 0.305 e. The Kier molecular flexibility index (Phi) is 7.99. The maximum absolute atomic E-state index is 11.3. The van der Waals surface area contributed by atoms with E-state index in [4.69, 9.17) is 9.16 Å². The van der Waals surface area contributed by atoms with E-state index in [0.717, 1.165) is 12.8 Å². The highest BCUT2D eigenvalue weighted by atomic mass is 28.4. The standard InChI is InChI=1S/C14H28O3Si/c1-7-13(11-17-18(4,5)6)12(3)9-10-14(15)16-8-2/h11-12H,7-10H2,1-6H3/b13-11+. The van der Waals surface area contributed by atoms with Crippen molar-refractivity contribution in [1.29, 1.82) is 0 Å². The van der Waals surface area contributed by atoms with Crippen LogP contribution in [0.2, 0.25) is 19.6 Å². The lowest BCUT2D eigenvalue weighted by molar-refractivity contribution is -0.143. The Bertz CT molecular complexity index is 279. The van der Waals surface area contributed by atoms with Gasteiger partial charge >= 0.3 is 5.97 Å². The van der Waals surface area contributed by atoms with Crippen LogP contribution in [0.5, 0.6) is 0 Å². The zero-order chi connectivity index (χ0) is 14.2. The Hall–Kier alpha value is -0.773. The normalized spacial score (nSPS) is 14.2. The second-order valence-corrected chi connectivity index (χ2v) is 9.98. The van der Waals surface area contributed by atoms with E-state index in [2.05, 4.69) is 33.5 Å². The number of carbonyl (C=O) groups is 1. The van der Waals surface area contributed by atoms with E-state index < -0.39 is 8.32 Å². The molecule has 0 aliphatic rings. The fourth-order valence-electron chi connectivity index (χ4n) is 1.55. The van der Waals surface area contributed by atoms with Crippen molar-refractivity contribution in [2.75, 3.05) is 6.61 Å². The molecule has 0 amide bonds. The highest BCUT2D eigenvalue weighted by Crippen LogP contribution is 2.21. The van der Waals surface area contributed by atoms with Crippen molar-refractivity contribution in [3.8, 4) is 0 Å². The van der Waals surface area contributed by atoms with E-state index in [9.17, 15) is 4.79 Å². The maximum Gasteiger partial charge on any atom is 0.305 e. The van der Waals surface area contributed by atoms with Crippen molar-refractivity contribution in [1.82, 2.24) is 0 Å². The Balaban J connectivity index is 4.26. The second kappa shape index (κ2) is 8.35. The van der Waals surface area contributed by atoms with Gasteiger partial charge in [-0.2, -0.15) is 0 Å². The van der Waals surface area contributed by atoms with Crippen LogP contribution in [-0.2, 0) is 14.0 Å². The molecule has 1 atom stereocenters. The maximum atomic E-state index is 11.3. The summed E-state index contributed by atoms with van der Waals surface area (Å²) in [4.78, 5) is 11.3. The lowest BCUT2D eigenvalue weighted by Crippen LogP contribution is -2.22. The highest BCUT2D eigenvalue weighted by Gasteiger charge is 2.16. The molecule has 18 heavy (non-hydrogen) atoms. The van der Waals surface area contributed by atoms with Crippen LogP contribution < -0.4 is 0 Å². The van der Waals surface area contributed by atoms with Gasteiger partial charge in [-0.3, -0.25) is 4.79 Å². The summed E-state index contributed by atoms with van der Waals surface area (Å²) >= 11 is 0. The summed E-state index contributed by atoms with van der Waals surface area (Å²) in [7, 11) is -1.51. The summed E-state index contributed by atoms with van der Waals surface area (Å²) in [6.45, 7) is 13.1. The SMILES string of the molecule is CCOC(=O)CCC(C)/C(=C/O[Si](C)(C)C)CC. The topological polar surface area (TPSA) is 35.5 Å². The first-order valence-corrected chi connectivity index (χ1v) is 10.2. The molecule has 0 saturated heterocycles. The van der Waals surface area contributed by atoms with Crippen molar-refractivity contribution < 1.29 is 14.0 Å². The van der Waals surface area contributed by atoms with Crippen LogP contribution in [0.1, 0.15) is 40.0 Å². The minimum atomic E-state index is -1.51. The predicted molar refractivity (Wildman–Crippen MR) is 77.8 cm³/mol. The zero-order valence-corrected chi connectivity index (χ0v) is 13.7. The molecule has 4 heteroatoms. The number of esters is 1. The molecule has 1 unspecified atom stereocenters. The molecule has 0 aliphatic carbocycles. The largest absolute Gasteiger partial charge is 0.550 e. The molecule has 0 spiro atoms. The van der Waals surface area contributed by atoms with Gasteiger partial charge in [0.15, 0.2) is 0 Å². The molecule has 106 valence electrons. The number of allylic oxidation sites excluding steroid dienone is 1. The van der Waals surface area contributed by atoms with Crippen molar-refractivity contribution in [2.45, 2.75) is 59.7 Å². The average molecular weight is 272 g/mol. The summed E-state index contributed by atoms with van der Waals surface area (Å²) in [6.07, 6.45) is 4.20. The Morgan fingerprint density at radius 2 is 1.89 bits per heavy atom. The van der Waals surface area contributed by atoms with Gasteiger partial charge in [0.25, 0.3) is 0 Å². The van der Waals surface area contributed by atoms with Gasteiger partial charge < -0.3 is 9.16 Å². The number of hydrogen-bond donors (Lipinski definition) is 0. The van der Waals surface area contributed by atoms with Crippen LogP contribution in [0, 0.1) is 5.92 Å². The minimum absolute atomic E-state index is 0.106.